The van der Waals surface area contributed by atoms with Crippen LogP contribution < -0.4 is 4.90 Å². The lowest BCUT2D eigenvalue weighted by molar-refractivity contribution is -0.137. The lowest BCUT2D eigenvalue weighted by Gasteiger charge is -2.36. The van der Waals surface area contributed by atoms with Gasteiger partial charge in [-0.2, -0.15) is 13.2 Å². The van der Waals surface area contributed by atoms with Gasteiger partial charge in [0.25, 0.3) is 11.8 Å². The molecular weight excluding hydrogens is 553 g/mol. The van der Waals surface area contributed by atoms with Crippen LogP contribution in [0.2, 0.25) is 0 Å². The number of halogens is 3. The number of furan rings is 1. The first kappa shape index (κ1) is 28.5. The highest BCUT2D eigenvalue weighted by molar-refractivity contribution is 7.12. The Hall–Kier alpha value is -3.99. The smallest absolute Gasteiger partial charge is 0.416 e. The van der Waals surface area contributed by atoms with Gasteiger partial charge in [-0.05, 0) is 60.3 Å². The van der Waals surface area contributed by atoms with Gasteiger partial charge in [0.2, 0.25) is 0 Å². The molecular formula is C30H31F3N4O3S. The normalized spacial score (nSPS) is 14.0. The number of rotatable bonds is 9. The topological polar surface area (TPSA) is 61.9 Å². The number of hydrogen-bond donors (Lipinski definition) is 0. The monoisotopic (exact) mass is 584 g/mol. The maximum absolute atomic E-state index is 13.1. The van der Waals surface area contributed by atoms with E-state index < -0.39 is 11.7 Å². The quantitative estimate of drug-likeness (QED) is 0.234. The Kier molecular flexibility index (Phi) is 8.53. The predicted octanol–water partition coefficient (Wildman–Crippen LogP) is 6.22. The number of thiophene rings is 1. The molecule has 0 saturated carbocycles. The van der Waals surface area contributed by atoms with Crippen molar-refractivity contribution in [3.8, 4) is 0 Å². The molecule has 0 atom stereocenters. The van der Waals surface area contributed by atoms with Crippen molar-refractivity contribution >= 4 is 28.8 Å². The van der Waals surface area contributed by atoms with Crippen molar-refractivity contribution in [3.63, 3.8) is 0 Å². The van der Waals surface area contributed by atoms with E-state index in [0.29, 0.717) is 62.1 Å². The first-order valence-electron chi connectivity index (χ1n) is 13.5. The van der Waals surface area contributed by atoms with Crippen LogP contribution in [-0.2, 0) is 19.3 Å². The molecule has 1 fully saturated rings. The van der Waals surface area contributed by atoms with E-state index >= 15 is 0 Å². The van der Waals surface area contributed by atoms with Crippen molar-refractivity contribution in [1.82, 2.24) is 14.4 Å². The summed E-state index contributed by atoms with van der Waals surface area (Å²) in [5.74, 6) is 0.596. The second-order valence-corrected chi connectivity index (χ2v) is 10.9. The van der Waals surface area contributed by atoms with Crippen LogP contribution in [0.1, 0.15) is 50.6 Å². The molecule has 0 aliphatic carbocycles. The molecule has 3 aromatic heterocycles. The number of amides is 2. The zero-order chi connectivity index (χ0) is 29.0. The second kappa shape index (κ2) is 12.3. The number of benzene rings is 1. The van der Waals surface area contributed by atoms with E-state index in [9.17, 15) is 22.8 Å². The highest BCUT2D eigenvalue weighted by Gasteiger charge is 2.31. The van der Waals surface area contributed by atoms with Crippen molar-refractivity contribution < 1.29 is 27.2 Å². The highest BCUT2D eigenvalue weighted by Crippen LogP contribution is 2.32. The summed E-state index contributed by atoms with van der Waals surface area (Å²) in [5, 5.41) is 1.89. The fourth-order valence-electron chi connectivity index (χ4n) is 4.97. The number of nitrogens with zero attached hydrogens (tertiary/aromatic N) is 4. The lowest BCUT2D eigenvalue weighted by Crippen LogP contribution is -2.48. The molecule has 0 spiro atoms. The summed E-state index contributed by atoms with van der Waals surface area (Å²) in [4.78, 5) is 32.2. The standard InChI is InChI=1S/C30H31F3N4O3S/c1-2-12-37(29(39)27-9-5-18-41-27)20-24-8-4-13-36(24)21-25-10-11-26(40-25)28(38)35-16-14-34(15-17-35)23-7-3-6-22(19-23)30(31,32)33/h3-11,13,18-19H,2,12,14-17,20-21H2,1H3. The summed E-state index contributed by atoms with van der Waals surface area (Å²) in [7, 11) is 0. The van der Waals surface area contributed by atoms with E-state index in [1.165, 1.54) is 17.4 Å². The van der Waals surface area contributed by atoms with Crippen LogP contribution in [0.25, 0.3) is 0 Å². The number of aromatic nitrogens is 1. The van der Waals surface area contributed by atoms with Gasteiger partial charge in [0, 0.05) is 50.3 Å². The zero-order valence-corrected chi connectivity index (χ0v) is 23.5. The third-order valence-electron chi connectivity index (χ3n) is 7.09. The number of piperazine rings is 1. The van der Waals surface area contributed by atoms with Gasteiger partial charge in [-0.3, -0.25) is 9.59 Å². The molecule has 2 amide bonds. The Labute approximate surface area is 240 Å². The Bertz CT molecular complexity index is 1470. The number of carbonyl (C=O) groups excluding carboxylic acids is 2. The van der Waals surface area contributed by atoms with Gasteiger partial charge >= 0.3 is 6.18 Å². The molecule has 4 heterocycles. The molecule has 0 unspecified atom stereocenters. The largest absolute Gasteiger partial charge is 0.454 e. The molecule has 0 N–H and O–H groups in total. The molecule has 4 aromatic rings. The van der Waals surface area contributed by atoms with Gasteiger partial charge in [-0.1, -0.05) is 19.1 Å². The Morgan fingerprint density at radius 3 is 2.51 bits per heavy atom. The van der Waals surface area contributed by atoms with Crippen LogP contribution in [0.15, 0.2) is 76.7 Å². The van der Waals surface area contributed by atoms with Crippen LogP contribution in [0, 0.1) is 0 Å². The Morgan fingerprint density at radius 2 is 1.80 bits per heavy atom. The molecule has 1 saturated heterocycles. The molecule has 216 valence electrons. The van der Waals surface area contributed by atoms with Gasteiger partial charge in [0.05, 0.1) is 23.5 Å². The van der Waals surface area contributed by atoms with Crippen molar-refractivity contribution in [2.45, 2.75) is 32.6 Å². The van der Waals surface area contributed by atoms with Gasteiger partial charge in [-0.25, -0.2) is 0 Å². The minimum atomic E-state index is -4.40. The fraction of sp³-hybridized carbons (Fsp3) is 0.333. The SMILES string of the molecule is CCCN(Cc1cccn1Cc1ccc(C(=O)N2CCN(c3cccc(C(F)(F)F)c3)CC2)o1)C(=O)c1cccs1. The zero-order valence-electron chi connectivity index (χ0n) is 22.6. The summed E-state index contributed by atoms with van der Waals surface area (Å²) < 4.78 is 47.2. The summed E-state index contributed by atoms with van der Waals surface area (Å²) >= 11 is 1.43. The summed E-state index contributed by atoms with van der Waals surface area (Å²) in [6.45, 7) is 5.14. The molecule has 1 aliphatic rings. The van der Waals surface area contributed by atoms with Gasteiger partial charge in [0.15, 0.2) is 5.76 Å². The average Bonchev–Trinajstić information content (AvgIpc) is 3.75. The van der Waals surface area contributed by atoms with E-state index in [1.807, 2.05) is 57.1 Å². The van der Waals surface area contributed by atoms with E-state index in [1.54, 1.807) is 23.1 Å². The second-order valence-electron chi connectivity index (χ2n) is 9.92. The average molecular weight is 585 g/mol. The lowest BCUT2D eigenvalue weighted by atomic mass is 10.1. The summed E-state index contributed by atoms with van der Waals surface area (Å²) in [5.41, 5.74) is 0.761. The van der Waals surface area contributed by atoms with Crippen molar-refractivity contribution in [3.05, 3.63) is 99.9 Å². The van der Waals surface area contributed by atoms with E-state index in [-0.39, 0.29) is 17.6 Å². The first-order chi connectivity index (χ1) is 19.7. The molecule has 1 aliphatic heterocycles. The molecule has 41 heavy (non-hydrogen) atoms. The minimum Gasteiger partial charge on any atom is -0.454 e. The summed E-state index contributed by atoms with van der Waals surface area (Å²) in [6, 6.07) is 16.3. The van der Waals surface area contributed by atoms with Crippen LogP contribution in [-0.4, -0.2) is 58.9 Å². The van der Waals surface area contributed by atoms with E-state index in [2.05, 4.69) is 0 Å². The third kappa shape index (κ3) is 6.67. The fourth-order valence-corrected chi connectivity index (χ4v) is 5.66. The maximum atomic E-state index is 13.1. The van der Waals surface area contributed by atoms with Crippen LogP contribution in [0.5, 0.6) is 0 Å². The number of anilines is 1. The molecule has 11 heteroatoms. The first-order valence-corrected chi connectivity index (χ1v) is 14.4. The van der Waals surface area contributed by atoms with Gasteiger partial charge < -0.3 is 23.7 Å². The highest BCUT2D eigenvalue weighted by atomic mass is 32.1. The third-order valence-corrected chi connectivity index (χ3v) is 7.95. The van der Waals surface area contributed by atoms with E-state index in [0.717, 1.165) is 24.2 Å². The molecule has 1 aromatic carbocycles. The number of hydrogen-bond acceptors (Lipinski definition) is 5. The van der Waals surface area contributed by atoms with Crippen molar-refractivity contribution in [2.75, 3.05) is 37.6 Å². The van der Waals surface area contributed by atoms with Crippen molar-refractivity contribution in [1.29, 1.82) is 0 Å². The molecule has 0 bridgehead atoms. The van der Waals surface area contributed by atoms with Crippen molar-refractivity contribution in [2.24, 2.45) is 0 Å². The minimum absolute atomic E-state index is 0.00800. The van der Waals surface area contributed by atoms with Crippen LogP contribution >= 0.6 is 11.3 Å². The Balaban J connectivity index is 1.19. The van der Waals surface area contributed by atoms with Crippen LogP contribution in [0.3, 0.4) is 0 Å². The summed E-state index contributed by atoms with van der Waals surface area (Å²) in [6.07, 6.45) is -1.63. The van der Waals surface area contributed by atoms with Gasteiger partial charge in [0.1, 0.15) is 5.76 Å². The predicted molar refractivity (Wildman–Crippen MR) is 151 cm³/mol. The van der Waals surface area contributed by atoms with Gasteiger partial charge in [-0.15, -0.1) is 11.3 Å². The maximum Gasteiger partial charge on any atom is 0.416 e. The molecule has 7 nitrogen and oxygen atoms in total. The Morgan fingerprint density at radius 1 is 1.00 bits per heavy atom. The van der Waals surface area contributed by atoms with E-state index in [4.69, 9.17) is 4.42 Å². The molecule has 5 rings (SSSR count). The molecule has 0 radical (unpaired) electrons. The number of carbonyl (C=O) groups is 2. The number of alkyl halides is 3. The van der Waals surface area contributed by atoms with Crippen LogP contribution in [0.4, 0.5) is 18.9 Å².